The largest absolute Gasteiger partial charge is 0.355 e. The van der Waals surface area contributed by atoms with Gasteiger partial charge in [0.05, 0.1) is 16.5 Å². The average molecular weight is 354 g/mol. The second-order valence-electron chi connectivity index (χ2n) is 4.81. The van der Waals surface area contributed by atoms with Crippen molar-refractivity contribution in [2.75, 3.05) is 12.3 Å². The van der Waals surface area contributed by atoms with E-state index in [-0.39, 0.29) is 5.91 Å². The Labute approximate surface area is 145 Å². The maximum absolute atomic E-state index is 11.8. The molecule has 0 aliphatic carbocycles. The van der Waals surface area contributed by atoms with Gasteiger partial charge in [0.25, 0.3) is 0 Å². The van der Waals surface area contributed by atoms with Crippen LogP contribution >= 0.6 is 35.0 Å². The summed E-state index contributed by atoms with van der Waals surface area (Å²) in [5, 5.41) is 3.90. The summed E-state index contributed by atoms with van der Waals surface area (Å²) in [7, 11) is 0. The van der Waals surface area contributed by atoms with Gasteiger partial charge in [-0.1, -0.05) is 59.6 Å². The fourth-order valence-electron chi connectivity index (χ4n) is 1.92. The van der Waals surface area contributed by atoms with Crippen molar-refractivity contribution in [3.8, 4) is 0 Å². The van der Waals surface area contributed by atoms with Crippen molar-refractivity contribution in [1.29, 1.82) is 0 Å². The van der Waals surface area contributed by atoms with Crippen LogP contribution in [-0.2, 0) is 17.0 Å². The molecule has 0 atom stereocenters. The number of benzene rings is 2. The second kappa shape index (κ2) is 9.09. The van der Waals surface area contributed by atoms with Crippen LogP contribution in [0.2, 0.25) is 10.0 Å². The Morgan fingerprint density at radius 1 is 1.00 bits per heavy atom. The summed E-state index contributed by atoms with van der Waals surface area (Å²) in [6.07, 6.45) is 0.320. The first-order valence-electron chi connectivity index (χ1n) is 6.97. The summed E-state index contributed by atoms with van der Waals surface area (Å²) >= 11 is 13.6. The molecule has 5 heteroatoms. The number of carbonyl (C=O) groups excluding carboxylic acids is 1. The van der Waals surface area contributed by atoms with E-state index in [4.69, 9.17) is 23.2 Å². The van der Waals surface area contributed by atoms with E-state index in [1.54, 1.807) is 23.9 Å². The predicted octanol–water partition coefficient (Wildman–Crippen LogP) is 4.59. The minimum absolute atomic E-state index is 0.00120. The van der Waals surface area contributed by atoms with Crippen molar-refractivity contribution in [1.82, 2.24) is 5.32 Å². The third kappa shape index (κ3) is 5.91. The van der Waals surface area contributed by atoms with E-state index >= 15 is 0 Å². The number of halogens is 2. The van der Waals surface area contributed by atoms with Gasteiger partial charge < -0.3 is 5.32 Å². The van der Waals surface area contributed by atoms with E-state index in [0.29, 0.717) is 23.0 Å². The molecule has 2 aromatic rings. The third-order valence-corrected chi connectivity index (χ3v) is 4.80. The topological polar surface area (TPSA) is 29.1 Å². The fraction of sp³-hybridized carbons (Fsp3) is 0.235. The highest BCUT2D eigenvalue weighted by atomic mass is 35.5. The number of amides is 1. The molecule has 0 saturated heterocycles. The summed E-state index contributed by atoms with van der Waals surface area (Å²) in [6.45, 7) is 0.664. The van der Waals surface area contributed by atoms with E-state index in [1.807, 2.05) is 24.3 Å². The minimum Gasteiger partial charge on any atom is -0.355 e. The Morgan fingerprint density at radius 2 is 1.77 bits per heavy atom. The van der Waals surface area contributed by atoms with Crippen LogP contribution in [0, 0.1) is 0 Å². The molecule has 1 amide bonds. The molecule has 2 aromatic carbocycles. The van der Waals surface area contributed by atoms with Crippen molar-refractivity contribution in [2.45, 2.75) is 12.2 Å². The maximum Gasteiger partial charge on any atom is 0.224 e. The van der Waals surface area contributed by atoms with Crippen molar-refractivity contribution in [3.63, 3.8) is 0 Å². The fourth-order valence-corrected chi connectivity index (χ4v) is 3.06. The first kappa shape index (κ1) is 17.2. The Bertz CT molecular complexity index is 619. The van der Waals surface area contributed by atoms with Crippen LogP contribution in [0.25, 0.3) is 0 Å². The molecule has 1 N–H and O–H groups in total. The summed E-state index contributed by atoms with van der Waals surface area (Å²) in [5.74, 6) is 1.85. The van der Waals surface area contributed by atoms with E-state index in [9.17, 15) is 4.79 Å². The van der Waals surface area contributed by atoms with Crippen molar-refractivity contribution in [2.24, 2.45) is 0 Å². The summed E-state index contributed by atoms with van der Waals surface area (Å²) in [6, 6.07) is 15.6. The zero-order valence-electron chi connectivity index (χ0n) is 12.0. The maximum atomic E-state index is 11.8. The van der Waals surface area contributed by atoms with Gasteiger partial charge >= 0.3 is 0 Å². The molecule has 0 aromatic heterocycles. The lowest BCUT2D eigenvalue weighted by atomic mass is 10.1. The predicted molar refractivity (Wildman–Crippen MR) is 95.8 cm³/mol. The highest BCUT2D eigenvalue weighted by molar-refractivity contribution is 7.98. The highest BCUT2D eigenvalue weighted by Gasteiger charge is 2.05. The molecule has 2 nitrogen and oxygen atoms in total. The summed E-state index contributed by atoms with van der Waals surface area (Å²) in [5.41, 5.74) is 2.17. The molecule has 2 rings (SSSR count). The smallest absolute Gasteiger partial charge is 0.224 e. The van der Waals surface area contributed by atoms with Gasteiger partial charge in [0.15, 0.2) is 0 Å². The van der Waals surface area contributed by atoms with Gasteiger partial charge in [0.1, 0.15) is 0 Å². The van der Waals surface area contributed by atoms with Gasteiger partial charge in [0, 0.05) is 18.1 Å². The zero-order valence-corrected chi connectivity index (χ0v) is 14.3. The number of hydrogen-bond acceptors (Lipinski definition) is 2. The normalized spacial score (nSPS) is 10.5. The molecule has 0 unspecified atom stereocenters. The lowest BCUT2D eigenvalue weighted by molar-refractivity contribution is -0.120. The number of rotatable bonds is 7. The van der Waals surface area contributed by atoms with Crippen molar-refractivity contribution in [3.05, 3.63) is 69.7 Å². The number of hydrogen-bond donors (Lipinski definition) is 1. The molecule has 116 valence electrons. The second-order valence-corrected chi connectivity index (χ2v) is 6.73. The molecule has 0 aliphatic rings. The quantitative estimate of drug-likeness (QED) is 0.737. The molecule has 0 spiro atoms. The number of carbonyl (C=O) groups is 1. The molecule has 22 heavy (non-hydrogen) atoms. The van der Waals surface area contributed by atoms with Gasteiger partial charge in [-0.3, -0.25) is 4.79 Å². The molecular weight excluding hydrogens is 337 g/mol. The van der Waals surface area contributed by atoms with Gasteiger partial charge in [-0.05, 0) is 23.3 Å². The van der Waals surface area contributed by atoms with Crippen LogP contribution in [0.15, 0.2) is 48.5 Å². The van der Waals surface area contributed by atoms with Crippen LogP contribution in [0.5, 0.6) is 0 Å². The molecule has 0 fully saturated rings. The lowest BCUT2D eigenvalue weighted by Crippen LogP contribution is -2.27. The third-order valence-electron chi connectivity index (χ3n) is 3.03. The first-order chi connectivity index (χ1) is 10.6. The van der Waals surface area contributed by atoms with Gasteiger partial charge in [-0.25, -0.2) is 0 Å². The Hall–Kier alpha value is -1.16. The van der Waals surface area contributed by atoms with E-state index in [2.05, 4.69) is 17.4 Å². The van der Waals surface area contributed by atoms with Crippen LogP contribution in [0.4, 0.5) is 0 Å². The van der Waals surface area contributed by atoms with E-state index < -0.39 is 0 Å². The van der Waals surface area contributed by atoms with Crippen molar-refractivity contribution >= 4 is 40.9 Å². The standard InChI is InChI=1S/C17H17Cl2NOS/c18-15-7-6-14(10-16(15)19)11-17(21)20-8-9-22-12-13-4-2-1-3-5-13/h1-7,10H,8-9,11-12H2,(H,20,21). The lowest BCUT2D eigenvalue weighted by Gasteiger charge is -2.06. The van der Waals surface area contributed by atoms with Gasteiger partial charge in [-0.2, -0.15) is 11.8 Å². The molecule has 0 saturated carbocycles. The van der Waals surface area contributed by atoms with Crippen LogP contribution in [0.3, 0.4) is 0 Å². The number of nitrogens with one attached hydrogen (secondary N) is 1. The zero-order chi connectivity index (χ0) is 15.8. The minimum atomic E-state index is -0.00120. The molecule has 0 aliphatic heterocycles. The van der Waals surface area contributed by atoms with Gasteiger partial charge in [0.2, 0.25) is 5.91 Å². The van der Waals surface area contributed by atoms with Crippen LogP contribution < -0.4 is 5.32 Å². The highest BCUT2D eigenvalue weighted by Crippen LogP contribution is 2.22. The van der Waals surface area contributed by atoms with Crippen LogP contribution in [-0.4, -0.2) is 18.2 Å². The van der Waals surface area contributed by atoms with Gasteiger partial charge in [-0.15, -0.1) is 0 Å². The SMILES string of the molecule is O=C(Cc1ccc(Cl)c(Cl)c1)NCCSCc1ccccc1. The Morgan fingerprint density at radius 3 is 2.50 bits per heavy atom. The Kier molecular flexibility index (Phi) is 7.10. The summed E-state index contributed by atoms with van der Waals surface area (Å²) < 4.78 is 0. The number of thioether (sulfide) groups is 1. The average Bonchev–Trinajstić information content (AvgIpc) is 2.52. The first-order valence-corrected chi connectivity index (χ1v) is 8.88. The summed E-state index contributed by atoms with van der Waals surface area (Å²) in [4.78, 5) is 11.8. The van der Waals surface area contributed by atoms with Crippen LogP contribution in [0.1, 0.15) is 11.1 Å². The molecular formula is C17H17Cl2NOS. The molecule has 0 heterocycles. The Balaban J connectivity index is 1.64. The van der Waals surface area contributed by atoms with Crippen molar-refractivity contribution < 1.29 is 4.79 Å². The van der Waals surface area contributed by atoms with E-state index in [0.717, 1.165) is 17.1 Å². The monoisotopic (exact) mass is 353 g/mol. The molecule has 0 bridgehead atoms. The molecule has 0 radical (unpaired) electrons. The van der Waals surface area contributed by atoms with E-state index in [1.165, 1.54) is 5.56 Å².